The Balaban J connectivity index is 1.71. The Kier molecular flexibility index (Phi) is 3.85. The summed E-state index contributed by atoms with van der Waals surface area (Å²) in [5.74, 6) is 0.710. The van der Waals surface area contributed by atoms with Gasteiger partial charge in [-0.15, -0.1) is 0 Å². The zero-order valence-electron chi connectivity index (χ0n) is 13.0. The van der Waals surface area contributed by atoms with Gasteiger partial charge in [-0.1, -0.05) is 35.9 Å². The third-order valence-electron chi connectivity index (χ3n) is 3.89. The molecule has 0 unspecified atom stereocenters. The summed E-state index contributed by atoms with van der Waals surface area (Å²) < 4.78 is 5.78. The molecule has 1 N–H and O–H groups in total. The van der Waals surface area contributed by atoms with Gasteiger partial charge in [-0.3, -0.25) is 10.1 Å². The molecule has 0 spiro atoms. The number of hydrogen-bond acceptors (Lipinski definition) is 6. The first-order valence-electron chi connectivity index (χ1n) is 7.75. The second-order valence-electron chi connectivity index (χ2n) is 5.76. The topological polar surface area (TPSA) is 90.2 Å². The molecule has 2 aromatic carbocycles. The van der Waals surface area contributed by atoms with E-state index >= 15 is 0 Å². The minimum atomic E-state index is -0.508. The van der Waals surface area contributed by atoms with Gasteiger partial charge in [-0.2, -0.15) is 9.97 Å². The van der Waals surface area contributed by atoms with Crippen molar-refractivity contribution in [2.75, 3.05) is 5.32 Å². The molecule has 1 aromatic heterocycles. The molecule has 0 atom stereocenters. The minimum Gasteiger partial charge on any atom is -0.424 e. The van der Waals surface area contributed by atoms with Gasteiger partial charge in [0.1, 0.15) is 11.9 Å². The van der Waals surface area contributed by atoms with Gasteiger partial charge in [0.15, 0.2) is 0 Å². The molecule has 1 saturated carbocycles. The third kappa shape index (κ3) is 3.18. The van der Waals surface area contributed by atoms with Crippen molar-refractivity contribution in [3.8, 4) is 11.8 Å². The van der Waals surface area contributed by atoms with Crippen LogP contribution in [-0.4, -0.2) is 20.9 Å². The number of ether oxygens (including phenoxy) is 1. The largest absolute Gasteiger partial charge is 0.424 e. The molecule has 1 aliphatic rings. The number of nitrogens with zero attached hydrogens (tertiary/aromatic N) is 3. The van der Waals surface area contributed by atoms with E-state index in [-0.39, 0.29) is 23.6 Å². The Morgan fingerprint density at radius 3 is 2.68 bits per heavy atom. The molecule has 3 aromatic rings. The van der Waals surface area contributed by atoms with E-state index in [2.05, 4.69) is 15.3 Å². The van der Waals surface area contributed by atoms with E-state index in [1.807, 2.05) is 24.3 Å². The lowest BCUT2D eigenvalue weighted by molar-refractivity contribution is -0.384. The van der Waals surface area contributed by atoms with Crippen molar-refractivity contribution in [1.29, 1.82) is 0 Å². The summed E-state index contributed by atoms with van der Waals surface area (Å²) in [7, 11) is 0. The number of halogens is 1. The van der Waals surface area contributed by atoms with Crippen molar-refractivity contribution in [3.05, 3.63) is 57.7 Å². The number of hydrogen-bond donors (Lipinski definition) is 1. The van der Waals surface area contributed by atoms with Gasteiger partial charge >= 0.3 is 11.7 Å². The smallest absolute Gasteiger partial charge is 0.329 e. The highest BCUT2D eigenvalue weighted by atomic mass is 35.5. The Morgan fingerprint density at radius 1 is 1.20 bits per heavy atom. The zero-order valence-corrected chi connectivity index (χ0v) is 13.7. The van der Waals surface area contributed by atoms with Crippen molar-refractivity contribution in [1.82, 2.24) is 9.97 Å². The van der Waals surface area contributed by atoms with Crippen LogP contribution in [0, 0.1) is 10.1 Å². The van der Waals surface area contributed by atoms with E-state index in [1.54, 1.807) is 12.1 Å². The van der Waals surface area contributed by atoms with Crippen LogP contribution < -0.4 is 10.1 Å². The van der Waals surface area contributed by atoms with E-state index in [9.17, 15) is 10.1 Å². The number of nitro groups is 1. The van der Waals surface area contributed by atoms with Gasteiger partial charge < -0.3 is 10.1 Å². The average molecular weight is 357 g/mol. The van der Waals surface area contributed by atoms with Crippen molar-refractivity contribution in [3.63, 3.8) is 0 Å². The van der Waals surface area contributed by atoms with Crippen LogP contribution in [0.3, 0.4) is 0 Å². The lowest BCUT2D eigenvalue weighted by Crippen LogP contribution is -2.08. The molecule has 8 heteroatoms. The molecule has 1 aliphatic carbocycles. The van der Waals surface area contributed by atoms with Gasteiger partial charge in [-0.05, 0) is 25.0 Å². The van der Waals surface area contributed by atoms with Crippen LogP contribution in [0.15, 0.2) is 42.6 Å². The van der Waals surface area contributed by atoms with Crippen LogP contribution in [0.1, 0.15) is 12.8 Å². The Hall–Kier alpha value is -2.93. The molecule has 4 rings (SSSR count). The summed E-state index contributed by atoms with van der Waals surface area (Å²) in [6, 6.07) is 11.3. The second kappa shape index (κ2) is 6.18. The van der Waals surface area contributed by atoms with Gasteiger partial charge in [-0.25, -0.2) is 0 Å². The summed E-state index contributed by atoms with van der Waals surface area (Å²) >= 11 is 6.21. The standard InChI is InChI=1S/C17H13ClN4O3/c18-13-7-8-15(12-4-2-1-3-11(12)13)25-17-19-9-14(22(23)24)16(21-17)20-10-5-6-10/h1-4,7-10H,5-6H2,(H,19,20,21). The summed E-state index contributed by atoms with van der Waals surface area (Å²) in [6.45, 7) is 0. The average Bonchev–Trinajstić information content (AvgIpc) is 3.42. The molecule has 1 fully saturated rings. The lowest BCUT2D eigenvalue weighted by Gasteiger charge is -2.10. The lowest BCUT2D eigenvalue weighted by atomic mass is 10.1. The summed E-state index contributed by atoms with van der Waals surface area (Å²) in [6.07, 6.45) is 3.10. The first kappa shape index (κ1) is 15.6. The predicted molar refractivity (Wildman–Crippen MR) is 94.4 cm³/mol. The zero-order chi connectivity index (χ0) is 17.4. The fourth-order valence-electron chi connectivity index (χ4n) is 2.49. The third-order valence-corrected chi connectivity index (χ3v) is 4.22. The molecule has 0 amide bonds. The SMILES string of the molecule is O=[N+]([O-])c1cnc(Oc2ccc(Cl)c3ccccc23)nc1NC1CC1. The predicted octanol–water partition coefficient (Wildman–Crippen LogP) is 4.56. The molecule has 0 bridgehead atoms. The summed E-state index contributed by atoms with van der Waals surface area (Å²) in [4.78, 5) is 18.8. The fraction of sp³-hybridized carbons (Fsp3) is 0.176. The molecule has 0 radical (unpaired) electrons. The summed E-state index contributed by atoms with van der Waals surface area (Å²) in [5.41, 5.74) is -0.166. The van der Waals surface area contributed by atoms with Crippen molar-refractivity contribution < 1.29 is 9.66 Å². The fourth-order valence-corrected chi connectivity index (χ4v) is 2.72. The molecule has 0 aliphatic heterocycles. The highest BCUT2D eigenvalue weighted by molar-refractivity contribution is 6.35. The van der Waals surface area contributed by atoms with Crippen LogP contribution in [0.4, 0.5) is 11.5 Å². The molecule has 7 nitrogen and oxygen atoms in total. The highest BCUT2D eigenvalue weighted by Gasteiger charge is 2.27. The van der Waals surface area contributed by atoms with Crippen molar-refractivity contribution in [2.45, 2.75) is 18.9 Å². The Bertz CT molecular complexity index is 975. The van der Waals surface area contributed by atoms with E-state index in [1.165, 1.54) is 0 Å². The highest BCUT2D eigenvalue weighted by Crippen LogP contribution is 2.35. The molecule has 25 heavy (non-hydrogen) atoms. The van der Waals surface area contributed by atoms with Crippen molar-refractivity contribution >= 4 is 33.9 Å². The van der Waals surface area contributed by atoms with Crippen LogP contribution in [-0.2, 0) is 0 Å². The number of nitrogens with one attached hydrogen (secondary N) is 1. The quantitative estimate of drug-likeness (QED) is 0.532. The van der Waals surface area contributed by atoms with Crippen LogP contribution in [0.2, 0.25) is 5.02 Å². The van der Waals surface area contributed by atoms with Gasteiger partial charge in [0.2, 0.25) is 5.82 Å². The monoisotopic (exact) mass is 356 g/mol. The van der Waals surface area contributed by atoms with E-state index in [0.717, 1.165) is 29.8 Å². The molecular weight excluding hydrogens is 344 g/mol. The van der Waals surface area contributed by atoms with Gasteiger partial charge in [0.25, 0.3) is 0 Å². The minimum absolute atomic E-state index is 0.0428. The molecule has 1 heterocycles. The number of anilines is 1. The van der Waals surface area contributed by atoms with Crippen LogP contribution in [0.25, 0.3) is 10.8 Å². The van der Waals surface area contributed by atoms with E-state index < -0.39 is 4.92 Å². The van der Waals surface area contributed by atoms with Crippen molar-refractivity contribution in [2.24, 2.45) is 0 Å². The van der Waals surface area contributed by atoms with E-state index in [0.29, 0.717) is 10.8 Å². The maximum atomic E-state index is 11.1. The number of rotatable bonds is 5. The molecule has 0 saturated heterocycles. The van der Waals surface area contributed by atoms with E-state index in [4.69, 9.17) is 16.3 Å². The first-order chi connectivity index (χ1) is 12.1. The second-order valence-corrected chi connectivity index (χ2v) is 6.16. The molecular formula is C17H13ClN4O3. The van der Waals surface area contributed by atoms with Crippen LogP contribution in [0.5, 0.6) is 11.8 Å². The van der Waals surface area contributed by atoms with Crippen LogP contribution >= 0.6 is 11.6 Å². The maximum absolute atomic E-state index is 11.1. The van der Waals surface area contributed by atoms with Gasteiger partial charge in [0.05, 0.1) is 4.92 Å². The first-order valence-corrected chi connectivity index (χ1v) is 8.12. The number of fused-ring (bicyclic) bond motifs is 1. The summed E-state index contributed by atoms with van der Waals surface area (Å²) in [5, 5.41) is 16.5. The Morgan fingerprint density at radius 2 is 1.96 bits per heavy atom. The van der Waals surface area contributed by atoms with Gasteiger partial charge in [0, 0.05) is 21.8 Å². The number of aromatic nitrogens is 2. The molecule has 126 valence electrons. The normalized spacial score (nSPS) is 13.6. The number of benzene rings is 2. The Labute approximate surface area is 147 Å². The maximum Gasteiger partial charge on any atom is 0.329 e.